The molecule has 7 N–H and O–H groups in total. The lowest BCUT2D eigenvalue weighted by atomic mass is 10.3. The topological polar surface area (TPSA) is 123 Å². The normalized spacial score (nSPS) is 11.7. The third-order valence-corrected chi connectivity index (χ3v) is 1.86. The number of anilines is 1. The van der Waals surface area contributed by atoms with Crippen molar-refractivity contribution < 1.29 is 5.11 Å². The summed E-state index contributed by atoms with van der Waals surface area (Å²) >= 11 is 0. The third kappa shape index (κ3) is 6.37. The molecule has 18 heavy (non-hydrogen) atoms. The smallest absolute Gasteiger partial charge is 0.161 e. The van der Waals surface area contributed by atoms with Gasteiger partial charge >= 0.3 is 0 Å². The summed E-state index contributed by atoms with van der Waals surface area (Å²) in [5.74, 6) is 0.821. The number of phenols is 1. The molecule has 0 heterocycles. The summed E-state index contributed by atoms with van der Waals surface area (Å²) in [4.78, 5) is 7.76. The molecule has 0 fully saturated rings. The molecule has 0 aliphatic rings. The Morgan fingerprint density at radius 1 is 1.06 bits per heavy atom. The molecule has 1 rings (SSSR count). The van der Waals surface area contributed by atoms with E-state index < -0.39 is 0 Å². The standard InChI is InChI=1S/C6H14N4.C6H7NO/c1-3-9-5(7)6(8)10-4-2;7-5-3-1-2-4-6(5)8/h3-4H2,1-2H3,(H2,7,9)(H2,8,10);1-4,8H,7H2. The largest absolute Gasteiger partial charge is 0.506 e. The van der Waals surface area contributed by atoms with Gasteiger partial charge in [0.15, 0.2) is 11.7 Å². The van der Waals surface area contributed by atoms with Crippen molar-refractivity contribution in [1.82, 2.24) is 0 Å². The van der Waals surface area contributed by atoms with Gasteiger partial charge in [-0.25, -0.2) is 0 Å². The molecule has 0 saturated carbocycles. The van der Waals surface area contributed by atoms with Gasteiger partial charge in [-0.1, -0.05) is 12.1 Å². The predicted octanol–water partition coefficient (Wildman–Crippen LogP) is 0.715. The maximum atomic E-state index is 8.79. The average molecular weight is 251 g/mol. The Bertz CT molecular complexity index is 376. The van der Waals surface area contributed by atoms with Crippen LogP contribution in [-0.4, -0.2) is 29.9 Å². The summed E-state index contributed by atoms with van der Waals surface area (Å²) in [6, 6.07) is 6.70. The molecule has 0 saturated heterocycles. The second-order valence-corrected chi connectivity index (χ2v) is 3.28. The lowest BCUT2D eigenvalue weighted by Crippen LogP contribution is -2.31. The molecule has 0 amide bonds. The summed E-state index contributed by atoms with van der Waals surface area (Å²) in [6.45, 7) is 5.08. The fraction of sp³-hybridized carbons (Fsp3) is 0.333. The molecule has 100 valence electrons. The molecular formula is C12H21N5O. The molecule has 0 unspecified atom stereocenters. The van der Waals surface area contributed by atoms with Crippen LogP contribution in [0, 0.1) is 0 Å². The number of aromatic hydroxyl groups is 1. The number of hydrogen-bond acceptors (Lipinski definition) is 4. The molecule has 0 aliphatic heterocycles. The Morgan fingerprint density at radius 3 is 1.78 bits per heavy atom. The predicted molar refractivity (Wildman–Crippen MR) is 76.8 cm³/mol. The van der Waals surface area contributed by atoms with Gasteiger partial charge in [0.05, 0.1) is 5.69 Å². The van der Waals surface area contributed by atoms with Crippen molar-refractivity contribution in [2.24, 2.45) is 21.5 Å². The quantitative estimate of drug-likeness (QED) is 0.267. The Balaban J connectivity index is 0.000000327. The highest BCUT2D eigenvalue weighted by Gasteiger charge is 1.94. The van der Waals surface area contributed by atoms with Crippen LogP contribution in [0.15, 0.2) is 34.3 Å². The van der Waals surface area contributed by atoms with E-state index in [-0.39, 0.29) is 5.75 Å². The first-order chi connectivity index (χ1) is 8.52. The highest BCUT2D eigenvalue weighted by molar-refractivity contribution is 6.39. The lowest BCUT2D eigenvalue weighted by Gasteiger charge is -1.96. The zero-order valence-electron chi connectivity index (χ0n) is 10.8. The van der Waals surface area contributed by atoms with E-state index in [4.69, 9.17) is 22.3 Å². The minimum atomic E-state index is 0.146. The molecule has 0 spiro atoms. The van der Waals surface area contributed by atoms with Crippen LogP contribution in [0.5, 0.6) is 5.75 Å². The van der Waals surface area contributed by atoms with Crippen molar-refractivity contribution in [2.45, 2.75) is 13.8 Å². The number of phenolic OH excluding ortho intramolecular Hbond substituents is 1. The third-order valence-electron chi connectivity index (χ3n) is 1.86. The zero-order chi connectivity index (χ0) is 14.0. The van der Waals surface area contributed by atoms with Crippen molar-refractivity contribution in [1.29, 1.82) is 0 Å². The molecule has 0 aromatic heterocycles. The summed E-state index contributed by atoms with van der Waals surface area (Å²) < 4.78 is 0. The van der Waals surface area contributed by atoms with Crippen molar-refractivity contribution in [3.05, 3.63) is 24.3 Å². The summed E-state index contributed by atoms with van der Waals surface area (Å²) in [5, 5.41) is 8.79. The van der Waals surface area contributed by atoms with Gasteiger partial charge in [-0.2, -0.15) is 0 Å². The fourth-order valence-electron chi connectivity index (χ4n) is 0.990. The van der Waals surface area contributed by atoms with E-state index in [2.05, 4.69) is 9.98 Å². The Labute approximate surface area is 107 Å². The molecule has 1 aromatic carbocycles. The first kappa shape index (κ1) is 15.8. The van der Waals surface area contributed by atoms with Crippen LogP contribution in [0.2, 0.25) is 0 Å². The maximum absolute atomic E-state index is 8.79. The Hall–Kier alpha value is -2.24. The second kappa shape index (κ2) is 8.86. The first-order valence-electron chi connectivity index (χ1n) is 5.66. The minimum absolute atomic E-state index is 0.146. The van der Waals surface area contributed by atoms with Crippen LogP contribution in [0.1, 0.15) is 13.8 Å². The van der Waals surface area contributed by atoms with Crippen LogP contribution in [0.3, 0.4) is 0 Å². The number of hydrogen-bond donors (Lipinski definition) is 4. The van der Waals surface area contributed by atoms with Crippen LogP contribution in [-0.2, 0) is 0 Å². The van der Waals surface area contributed by atoms with Gasteiger partial charge in [0.1, 0.15) is 5.75 Å². The summed E-state index contributed by atoms with van der Waals surface area (Å²) in [7, 11) is 0. The minimum Gasteiger partial charge on any atom is -0.506 e. The number of para-hydroxylation sites is 2. The van der Waals surface area contributed by atoms with E-state index in [1.54, 1.807) is 24.3 Å². The van der Waals surface area contributed by atoms with Crippen molar-refractivity contribution in [3.8, 4) is 5.75 Å². The molecular weight excluding hydrogens is 230 g/mol. The van der Waals surface area contributed by atoms with E-state index >= 15 is 0 Å². The maximum Gasteiger partial charge on any atom is 0.161 e. The summed E-state index contributed by atoms with van der Waals surface area (Å²) in [5.41, 5.74) is 16.5. The highest BCUT2D eigenvalue weighted by atomic mass is 16.3. The van der Waals surface area contributed by atoms with Gasteiger partial charge in [0.25, 0.3) is 0 Å². The van der Waals surface area contributed by atoms with Crippen molar-refractivity contribution in [3.63, 3.8) is 0 Å². The van der Waals surface area contributed by atoms with Crippen LogP contribution in [0.4, 0.5) is 5.69 Å². The van der Waals surface area contributed by atoms with Crippen LogP contribution in [0.25, 0.3) is 0 Å². The SMILES string of the molecule is CCN=C(N)C(N)=NCC.Nc1ccccc1O. The van der Waals surface area contributed by atoms with E-state index in [0.717, 1.165) is 0 Å². The van der Waals surface area contributed by atoms with E-state index in [0.29, 0.717) is 30.4 Å². The van der Waals surface area contributed by atoms with E-state index in [1.165, 1.54) is 0 Å². The monoisotopic (exact) mass is 251 g/mol. The van der Waals surface area contributed by atoms with Gasteiger partial charge in [-0.15, -0.1) is 0 Å². The average Bonchev–Trinajstić information content (AvgIpc) is 2.34. The first-order valence-corrected chi connectivity index (χ1v) is 5.66. The molecule has 0 radical (unpaired) electrons. The number of benzene rings is 1. The second-order valence-electron chi connectivity index (χ2n) is 3.28. The zero-order valence-corrected chi connectivity index (χ0v) is 10.8. The Kier molecular flexibility index (Phi) is 7.76. The van der Waals surface area contributed by atoms with Gasteiger partial charge in [-0.3, -0.25) is 9.98 Å². The number of nitrogens with two attached hydrogens (primary N) is 3. The fourth-order valence-corrected chi connectivity index (χ4v) is 0.990. The van der Waals surface area contributed by atoms with Crippen molar-refractivity contribution >= 4 is 17.4 Å². The molecule has 0 bridgehead atoms. The number of nitrogen functional groups attached to an aromatic ring is 1. The number of amidine groups is 2. The van der Waals surface area contributed by atoms with E-state index in [1.807, 2.05) is 13.8 Å². The lowest BCUT2D eigenvalue weighted by molar-refractivity contribution is 0.478. The molecule has 1 aromatic rings. The number of aliphatic imine (C=N–C) groups is 2. The van der Waals surface area contributed by atoms with E-state index in [9.17, 15) is 0 Å². The van der Waals surface area contributed by atoms with Gasteiger partial charge in [0.2, 0.25) is 0 Å². The highest BCUT2D eigenvalue weighted by Crippen LogP contribution is 2.16. The molecule has 0 atom stereocenters. The molecule has 6 heteroatoms. The van der Waals surface area contributed by atoms with Gasteiger partial charge < -0.3 is 22.3 Å². The molecule has 0 aliphatic carbocycles. The Morgan fingerprint density at radius 2 is 1.50 bits per heavy atom. The summed E-state index contributed by atoms with van der Waals surface area (Å²) in [6.07, 6.45) is 0. The van der Waals surface area contributed by atoms with Crippen molar-refractivity contribution in [2.75, 3.05) is 18.8 Å². The van der Waals surface area contributed by atoms with Crippen LogP contribution < -0.4 is 17.2 Å². The number of nitrogens with zero attached hydrogens (tertiary/aromatic N) is 2. The molecule has 6 nitrogen and oxygen atoms in total. The number of rotatable bonds is 2. The van der Waals surface area contributed by atoms with Gasteiger partial charge in [-0.05, 0) is 26.0 Å². The van der Waals surface area contributed by atoms with Crippen LogP contribution >= 0.6 is 0 Å². The van der Waals surface area contributed by atoms with Gasteiger partial charge in [0, 0.05) is 13.1 Å².